The summed E-state index contributed by atoms with van der Waals surface area (Å²) in [5, 5.41) is 12.2. The van der Waals surface area contributed by atoms with Gasteiger partial charge in [-0.15, -0.1) is 0 Å². The number of benzene rings is 1. The molecule has 0 bridgehead atoms. The number of anilines is 1. The van der Waals surface area contributed by atoms with E-state index in [4.69, 9.17) is 14.7 Å². The number of aryl methyl sites for hydroxylation is 1. The number of rotatable bonds is 4. The highest BCUT2D eigenvalue weighted by atomic mass is 16.7. The number of ether oxygens (including phenoxy) is 2. The SMILES string of the molecule is CCC(C#N)CNc1cc2c(cc1C)OCO2. The van der Waals surface area contributed by atoms with Gasteiger partial charge in [0.1, 0.15) is 0 Å². The quantitative estimate of drug-likeness (QED) is 0.867. The summed E-state index contributed by atoms with van der Waals surface area (Å²) in [5.41, 5.74) is 2.10. The second-order valence-electron chi connectivity index (χ2n) is 4.14. The van der Waals surface area contributed by atoms with E-state index in [2.05, 4.69) is 11.4 Å². The molecule has 0 saturated carbocycles. The fourth-order valence-corrected chi connectivity index (χ4v) is 1.75. The fourth-order valence-electron chi connectivity index (χ4n) is 1.75. The zero-order valence-corrected chi connectivity index (χ0v) is 10.1. The van der Waals surface area contributed by atoms with Crippen LogP contribution in [-0.2, 0) is 0 Å². The second-order valence-corrected chi connectivity index (χ2v) is 4.14. The molecule has 0 aliphatic carbocycles. The Labute approximate surface area is 101 Å². The Kier molecular flexibility index (Phi) is 3.38. The summed E-state index contributed by atoms with van der Waals surface area (Å²) >= 11 is 0. The molecule has 0 fully saturated rings. The molecule has 1 N–H and O–H groups in total. The van der Waals surface area contributed by atoms with E-state index in [1.54, 1.807) is 0 Å². The van der Waals surface area contributed by atoms with Crippen LogP contribution < -0.4 is 14.8 Å². The van der Waals surface area contributed by atoms with E-state index < -0.39 is 0 Å². The van der Waals surface area contributed by atoms with E-state index in [-0.39, 0.29) is 12.7 Å². The highest BCUT2D eigenvalue weighted by Crippen LogP contribution is 2.36. The van der Waals surface area contributed by atoms with Crippen molar-refractivity contribution in [1.82, 2.24) is 0 Å². The van der Waals surface area contributed by atoms with Crippen LogP contribution in [0.15, 0.2) is 12.1 Å². The molecule has 2 rings (SSSR count). The van der Waals surface area contributed by atoms with E-state index >= 15 is 0 Å². The van der Waals surface area contributed by atoms with Gasteiger partial charge < -0.3 is 14.8 Å². The number of hydrogen-bond donors (Lipinski definition) is 1. The molecule has 0 spiro atoms. The molecule has 90 valence electrons. The van der Waals surface area contributed by atoms with Gasteiger partial charge in [-0.2, -0.15) is 5.26 Å². The fraction of sp³-hybridized carbons (Fsp3) is 0.462. The van der Waals surface area contributed by atoms with Crippen LogP contribution in [0.2, 0.25) is 0 Å². The molecule has 0 aromatic heterocycles. The van der Waals surface area contributed by atoms with Gasteiger partial charge in [0.2, 0.25) is 6.79 Å². The third-order valence-corrected chi connectivity index (χ3v) is 2.93. The van der Waals surface area contributed by atoms with Gasteiger partial charge in [-0.25, -0.2) is 0 Å². The summed E-state index contributed by atoms with van der Waals surface area (Å²) in [6.45, 7) is 4.97. The van der Waals surface area contributed by atoms with Crippen molar-refractivity contribution in [1.29, 1.82) is 5.26 Å². The first kappa shape index (κ1) is 11.6. The zero-order valence-electron chi connectivity index (χ0n) is 10.1. The summed E-state index contributed by atoms with van der Waals surface area (Å²) in [6.07, 6.45) is 0.854. The lowest BCUT2D eigenvalue weighted by Gasteiger charge is -2.12. The van der Waals surface area contributed by atoms with Crippen LogP contribution >= 0.6 is 0 Å². The van der Waals surface area contributed by atoms with Crippen molar-refractivity contribution in [3.05, 3.63) is 17.7 Å². The van der Waals surface area contributed by atoms with Crippen molar-refractivity contribution in [3.8, 4) is 17.6 Å². The van der Waals surface area contributed by atoms with Crippen molar-refractivity contribution in [2.45, 2.75) is 20.3 Å². The Morgan fingerprint density at radius 3 is 2.76 bits per heavy atom. The van der Waals surface area contributed by atoms with Gasteiger partial charge in [0, 0.05) is 18.3 Å². The van der Waals surface area contributed by atoms with Gasteiger partial charge in [0.05, 0.1) is 12.0 Å². The van der Waals surface area contributed by atoms with E-state index in [0.717, 1.165) is 29.2 Å². The zero-order chi connectivity index (χ0) is 12.3. The number of nitriles is 1. The van der Waals surface area contributed by atoms with Gasteiger partial charge >= 0.3 is 0 Å². The van der Waals surface area contributed by atoms with Crippen molar-refractivity contribution in [2.24, 2.45) is 5.92 Å². The maximum absolute atomic E-state index is 8.89. The highest BCUT2D eigenvalue weighted by molar-refractivity contribution is 5.60. The van der Waals surface area contributed by atoms with E-state index in [1.807, 2.05) is 26.0 Å². The van der Waals surface area contributed by atoms with Crippen LogP contribution in [0.25, 0.3) is 0 Å². The Balaban J connectivity index is 2.09. The molecule has 1 aromatic carbocycles. The minimum Gasteiger partial charge on any atom is -0.454 e. The predicted octanol–water partition coefficient (Wildman–Crippen LogP) is 2.69. The molecule has 1 aliphatic rings. The molecular formula is C13H16N2O2. The highest BCUT2D eigenvalue weighted by Gasteiger charge is 2.15. The van der Waals surface area contributed by atoms with E-state index in [1.165, 1.54) is 0 Å². The second kappa shape index (κ2) is 4.96. The molecule has 1 heterocycles. The number of nitrogens with one attached hydrogen (secondary N) is 1. The molecule has 4 nitrogen and oxygen atoms in total. The molecule has 1 unspecified atom stereocenters. The van der Waals surface area contributed by atoms with E-state index in [9.17, 15) is 0 Å². The lowest BCUT2D eigenvalue weighted by atomic mass is 10.1. The summed E-state index contributed by atoms with van der Waals surface area (Å²) in [5.74, 6) is 1.60. The molecule has 0 saturated heterocycles. The third-order valence-electron chi connectivity index (χ3n) is 2.93. The van der Waals surface area contributed by atoms with Crippen LogP contribution in [0.1, 0.15) is 18.9 Å². The molecule has 4 heteroatoms. The Morgan fingerprint density at radius 1 is 1.41 bits per heavy atom. The molecular weight excluding hydrogens is 216 g/mol. The third kappa shape index (κ3) is 2.44. The standard InChI is InChI=1S/C13H16N2O2/c1-3-10(6-14)7-15-11-5-13-12(4-9(11)2)16-8-17-13/h4-5,10,15H,3,7-8H2,1-2H3. The first-order chi connectivity index (χ1) is 8.24. The smallest absolute Gasteiger partial charge is 0.231 e. The van der Waals surface area contributed by atoms with Crippen LogP contribution in [0.3, 0.4) is 0 Å². The molecule has 0 radical (unpaired) electrons. The molecule has 1 aliphatic heterocycles. The van der Waals surface area contributed by atoms with Crippen molar-refractivity contribution in [2.75, 3.05) is 18.7 Å². The molecule has 17 heavy (non-hydrogen) atoms. The van der Waals surface area contributed by atoms with E-state index in [0.29, 0.717) is 6.54 Å². The molecule has 1 atom stereocenters. The van der Waals surface area contributed by atoms with Gasteiger partial charge in [0.15, 0.2) is 11.5 Å². The van der Waals surface area contributed by atoms with Crippen LogP contribution in [-0.4, -0.2) is 13.3 Å². The molecule has 1 aromatic rings. The molecule has 0 amide bonds. The maximum Gasteiger partial charge on any atom is 0.231 e. The number of hydrogen-bond acceptors (Lipinski definition) is 4. The van der Waals surface area contributed by atoms with Crippen molar-refractivity contribution in [3.63, 3.8) is 0 Å². The summed E-state index contributed by atoms with van der Waals surface area (Å²) in [7, 11) is 0. The summed E-state index contributed by atoms with van der Waals surface area (Å²) in [4.78, 5) is 0. The normalized spacial score (nSPS) is 14.2. The number of nitrogens with zero attached hydrogens (tertiary/aromatic N) is 1. The Bertz CT molecular complexity index is 451. The van der Waals surface area contributed by atoms with Gasteiger partial charge in [-0.1, -0.05) is 6.92 Å². The van der Waals surface area contributed by atoms with Gasteiger partial charge in [0.25, 0.3) is 0 Å². The van der Waals surface area contributed by atoms with Gasteiger partial charge in [-0.3, -0.25) is 0 Å². The van der Waals surface area contributed by atoms with Crippen molar-refractivity contribution < 1.29 is 9.47 Å². The van der Waals surface area contributed by atoms with Crippen LogP contribution in [0.4, 0.5) is 5.69 Å². The Morgan fingerprint density at radius 2 is 2.12 bits per heavy atom. The van der Waals surface area contributed by atoms with Crippen LogP contribution in [0, 0.1) is 24.2 Å². The maximum atomic E-state index is 8.89. The minimum absolute atomic E-state index is 0.0415. The number of fused-ring (bicyclic) bond motifs is 1. The largest absolute Gasteiger partial charge is 0.454 e. The first-order valence-electron chi connectivity index (χ1n) is 5.78. The average molecular weight is 232 g/mol. The van der Waals surface area contributed by atoms with Crippen LogP contribution in [0.5, 0.6) is 11.5 Å². The van der Waals surface area contributed by atoms with Crippen molar-refractivity contribution >= 4 is 5.69 Å². The summed E-state index contributed by atoms with van der Waals surface area (Å²) < 4.78 is 10.6. The topological polar surface area (TPSA) is 54.3 Å². The Hall–Kier alpha value is -1.89. The monoisotopic (exact) mass is 232 g/mol. The van der Waals surface area contributed by atoms with Gasteiger partial charge in [-0.05, 0) is 25.0 Å². The average Bonchev–Trinajstić information content (AvgIpc) is 2.77. The predicted molar refractivity (Wildman–Crippen MR) is 65.2 cm³/mol. The first-order valence-corrected chi connectivity index (χ1v) is 5.78. The lowest BCUT2D eigenvalue weighted by Crippen LogP contribution is -2.12. The minimum atomic E-state index is 0.0415. The summed E-state index contributed by atoms with van der Waals surface area (Å²) in [6, 6.07) is 6.16. The lowest BCUT2D eigenvalue weighted by molar-refractivity contribution is 0.174.